The van der Waals surface area contributed by atoms with E-state index >= 15 is 0 Å². The molecule has 2 unspecified atom stereocenters. The number of carbonyl (C=O) groups excluding carboxylic acids is 2. The molecule has 2 aliphatic rings. The smallest absolute Gasteiger partial charge is 0.256 e. The molecule has 2 atom stereocenters. The second kappa shape index (κ2) is 5.81. The fraction of sp³-hybridized carbons (Fsp3) is 0.263. The molecule has 0 radical (unpaired) electrons. The number of benzene rings is 2. The van der Waals surface area contributed by atoms with Crippen molar-refractivity contribution in [3.05, 3.63) is 48.0 Å². The van der Waals surface area contributed by atoms with Gasteiger partial charge in [0.05, 0.1) is 12.1 Å². The van der Waals surface area contributed by atoms with Gasteiger partial charge in [-0.2, -0.15) is 0 Å². The number of imide groups is 1. The van der Waals surface area contributed by atoms with Crippen molar-refractivity contribution in [3.63, 3.8) is 0 Å². The summed E-state index contributed by atoms with van der Waals surface area (Å²) in [5.41, 5.74) is 2.37. The van der Waals surface area contributed by atoms with Crippen molar-refractivity contribution in [2.45, 2.75) is 31.9 Å². The van der Waals surface area contributed by atoms with E-state index in [1.54, 1.807) is 12.1 Å². The first-order chi connectivity index (χ1) is 12.0. The number of nitrogens with zero attached hydrogens (tertiary/aromatic N) is 1. The highest BCUT2D eigenvalue weighted by Gasteiger charge is 2.39. The summed E-state index contributed by atoms with van der Waals surface area (Å²) >= 11 is 0. The number of anilines is 2. The molecule has 0 saturated carbocycles. The summed E-state index contributed by atoms with van der Waals surface area (Å²) in [6.45, 7) is 2.02. The lowest BCUT2D eigenvalue weighted by molar-refractivity contribution is -0.121. The van der Waals surface area contributed by atoms with Crippen LogP contribution >= 0.6 is 0 Å². The number of hydrogen-bond acceptors (Lipinski definition) is 5. The maximum atomic E-state index is 12.6. The summed E-state index contributed by atoms with van der Waals surface area (Å²) in [6.07, 6.45) is 1.09. The monoisotopic (exact) mass is 338 g/mol. The van der Waals surface area contributed by atoms with E-state index in [1.165, 1.54) is 12.1 Å². The lowest BCUT2D eigenvalue weighted by atomic mass is 10.1. The molecule has 2 N–H and O–H groups in total. The molecule has 1 saturated heterocycles. The van der Waals surface area contributed by atoms with Crippen molar-refractivity contribution in [3.8, 4) is 11.5 Å². The van der Waals surface area contributed by atoms with E-state index in [9.17, 15) is 14.7 Å². The average Bonchev–Trinajstić information content (AvgIpc) is 3.07. The summed E-state index contributed by atoms with van der Waals surface area (Å²) in [6, 6.07) is 11.1. The van der Waals surface area contributed by atoms with Gasteiger partial charge in [-0.15, -0.1) is 0 Å². The predicted molar refractivity (Wildman–Crippen MR) is 92.9 cm³/mol. The molecule has 0 bridgehead atoms. The van der Waals surface area contributed by atoms with Crippen molar-refractivity contribution in [1.82, 2.24) is 0 Å². The van der Waals surface area contributed by atoms with E-state index in [4.69, 9.17) is 4.74 Å². The van der Waals surface area contributed by atoms with E-state index in [-0.39, 0.29) is 30.1 Å². The standard InChI is InChI=1S/C19H18N2O4/c1-11-8-12-9-13(2-7-17(12)25-11)20-16-10-18(23)21(19(16)24)14-3-5-15(22)6-4-14/h2-7,9,11,16,20,22H,8,10H2,1H3. The van der Waals surface area contributed by atoms with Crippen LogP contribution in [-0.4, -0.2) is 29.1 Å². The van der Waals surface area contributed by atoms with Crippen LogP contribution in [0, 0.1) is 0 Å². The number of phenols is 1. The van der Waals surface area contributed by atoms with E-state index in [2.05, 4.69) is 5.32 Å². The summed E-state index contributed by atoms with van der Waals surface area (Å²) in [7, 11) is 0. The third kappa shape index (κ3) is 2.80. The maximum absolute atomic E-state index is 12.6. The predicted octanol–water partition coefficient (Wildman–Crippen LogP) is 2.46. The first-order valence-electron chi connectivity index (χ1n) is 8.23. The third-order valence-electron chi connectivity index (χ3n) is 4.49. The Hall–Kier alpha value is -3.02. The van der Waals surface area contributed by atoms with Crippen molar-refractivity contribution >= 4 is 23.2 Å². The Balaban J connectivity index is 1.53. The molecule has 2 aromatic rings. The molecular formula is C19H18N2O4. The zero-order valence-corrected chi connectivity index (χ0v) is 13.7. The molecule has 25 heavy (non-hydrogen) atoms. The molecule has 0 aliphatic carbocycles. The van der Waals surface area contributed by atoms with Gasteiger partial charge in [0.25, 0.3) is 5.91 Å². The van der Waals surface area contributed by atoms with E-state index < -0.39 is 6.04 Å². The average molecular weight is 338 g/mol. The highest BCUT2D eigenvalue weighted by molar-refractivity contribution is 6.23. The third-order valence-corrected chi connectivity index (χ3v) is 4.49. The lowest BCUT2D eigenvalue weighted by Crippen LogP contribution is -2.34. The highest BCUT2D eigenvalue weighted by Crippen LogP contribution is 2.32. The minimum atomic E-state index is -0.598. The van der Waals surface area contributed by atoms with Gasteiger partial charge in [-0.25, -0.2) is 4.90 Å². The number of carbonyl (C=O) groups is 2. The van der Waals surface area contributed by atoms with E-state index in [0.29, 0.717) is 5.69 Å². The highest BCUT2D eigenvalue weighted by atomic mass is 16.5. The summed E-state index contributed by atoms with van der Waals surface area (Å²) in [5, 5.41) is 12.5. The largest absolute Gasteiger partial charge is 0.508 e. The van der Waals surface area contributed by atoms with Gasteiger partial charge in [-0.05, 0) is 55.0 Å². The number of ether oxygens (including phenoxy) is 1. The summed E-state index contributed by atoms with van der Waals surface area (Å²) in [5.74, 6) is 0.414. The Labute approximate surface area is 145 Å². The van der Waals surface area contributed by atoms with Crippen LogP contribution in [0.15, 0.2) is 42.5 Å². The molecule has 0 aromatic heterocycles. The molecule has 6 heteroatoms. The lowest BCUT2D eigenvalue weighted by Gasteiger charge is -2.16. The van der Waals surface area contributed by atoms with Crippen LogP contribution in [0.2, 0.25) is 0 Å². The first kappa shape index (κ1) is 15.5. The van der Waals surface area contributed by atoms with Gasteiger partial charge in [-0.3, -0.25) is 9.59 Å². The molecular weight excluding hydrogens is 320 g/mol. The van der Waals surface area contributed by atoms with Gasteiger partial charge in [0.1, 0.15) is 23.6 Å². The van der Waals surface area contributed by atoms with E-state index in [1.807, 2.05) is 25.1 Å². The quantitative estimate of drug-likeness (QED) is 0.841. The number of phenolic OH excluding ortho intramolecular Hbond substituents is 1. The topological polar surface area (TPSA) is 78.9 Å². The van der Waals surface area contributed by atoms with Crippen LogP contribution in [0.3, 0.4) is 0 Å². The van der Waals surface area contributed by atoms with E-state index in [0.717, 1.165) is 28.3 Å². The summed E-state index contributed by atoms with van der Waals surface area (Å²) in [4.78, 5) is 26.1. The van der Waals surface area contributed by atoms with Crippen LogP contribution in [0.4, 0.5) is 11.4 Å². The Kier molecular flexibility index (Phi) is 3.60. The van der Waals surface area contributed by atoms with Gasteiger partial charge in [0.15, 0.2) is 0 Å². The number of fused-ring (bicyclic) bond motifs is 1. The van der Waals surface area contributed by atoms with Gasteiger partial charge >= 0.3 is 0 Å². The van der Waals surface area contributed by atoms with Crippen LogP contribution in [0.1, 0.15) is 18.9 Å². The van der Waals surface area contributed by atoms with Crippen molar-refractivity contribution in [2.75, 3.05) is 10.2 Å². The van der Waals surface area contributed by atoms with Crippen molar-refractivity contribution in [1.29, 1.82) is 0 Å². The fourth-order valence-electron chi connectivity index (χ4n) is 3.33. The Bertz CT molecular complexity index is 847. The van der Waals surface area contributed by atoms with Gasteiger partial charge in [0.2, 0.25) is 5.91 Å². The normalized spacial score (nSPS) is 22.0. The summed E-state index contributed by atoms with van der Waals surface area (Å²) < 4.78 is 5.68. The van der Waals surface area contributed by atoms with Crippen LogP contribution in [0.25, 0.3) is 0 Å². The zero-order valence-electron chi connectivity index (χ0n) is 13.7. The van der Waals surface area contributed by atoms with Crippen molar-refractivity contribution in [2.24, 2.45) is 0 Å². The SMILES string of the molecule is CC1Cc2cc(NC3CC(=O)N(c4ccc(O)cc4)C3=O)ccc2O1. The molecule has 2 amide bonds. The Morgan fingerprint density at radius 1 is 1.12 bits per heavy atom. The molecule has 2 heterocycles. The number of amides is 2. The van der Waals surface area contributed by atoms with Crippen LogP contribution in [-0.2, 0) is 16.0 Å². The molecule has 6 nitrogen and oxygen atoms in total. The Morgan fingerprint density at radius 2 is 1.88 bits per heavy atom. The second-order valence-corrected chi connectivity index (χ2v) is 6.44. The second-order valence-electron chi connectivity index (χ2n) is 6.44. The number of aromatic hydroxyl groups is 1. The number of nitrogens with one attached hydrogen (secondary N) is 1. The first-order valence-corrected chi connectivity index (χ1v) is 8.23. The molecule has 1 fully saturated rings. The Morgan fingerprint density at radius 3 is 2.64 bits per heavy atom. The molecule has 0 spiro atoms. The minimum Gasteiger partial charge on any atom is -0.508 e. The number of rotatable bonds is 3. The van der Waals surface area contributed by atoms with Crippen LogP contribution in [0.5, 0.6) is 11.5 Å². The molecule has 4 rings (SSSR count). The van der Waals surface area contributed by atoms with Gasteiger partial charge in [0, 0.05) is 12.1 Å². The zero-order chi connectivity index (χ0) is 17.6. The number of hydrogen-bond donors (Lipinski definition) is 2. The van der Waals surface area contributed by atoms with Gasteiger partial charge in [-0.1, -0.05) is 0 Å². The minimum absolute atomic E-state index is 0.0899. The van der Waals surface area contributed by atoms with Crippen LogP contribution < -0.4 is 15.0 Å². The molecule has 2 aromatic carbocycles. The fourth-order valence-corrected chi connectivity index (χ4v) is 3.33. The van der Waals surface area contributed by atoms with Crippen molar-refractivity contribution < 1.29 is 19.4 Å². The van der Waals surface area contributed by atoms with Gasteiger partial charge < -0.3 is 15.2 Å². The molecule has 2 aliphatic heterocycles. The molecule has 128 valence electrons. The maximum Gasteiger partial charge on any atom is 0.256 e.